The molecule has 52 heavy (non-hydrogen) atoms. The minimum Gasteiger partial charge on any atom is -0.490 e. The minimum absolute atomic E-state index is 0.0320. The molecule has 2 bridgehead atoms. The number of likely N-dealkylation sites (tertiary alicyclic amines) is 1. The molecule has 5 aliphatic rings. The molecule has 2 aromatic heterocycles. The number of halogens is 4. The molecule has 0 radical (unpaired) electrons. The zero-order valence-corrected chi connectivity index (χ0v) is 29.9. The third-order valence-corrected chi connectivity index (χ3v) is 12.6. The second-order valence-electron chi connectivity index (χ2n) is 16.7. The predicted molar refractivity (Wildman–Crippen MR) is 186 cm³/mol. The van der Waals surface area contributed by atoms with Gasteiger partial charge in [0.15, 0.2) is 5.82 Å². The number of carboxylic acids is 1. The van der Waals surface area contributed by atoms with Crippen LogP contribution in [0.4, 0.5) is 17.6 Å². The van der Waals surface area contributed by atoms with Crippen LogP contribution in [-0.4, -0.2) is 73.1 Å². The molecule has 280 valence electrons. The van der Waals surface area contributed by atoms with Gasteiger partial charge in [0.1, 0.15) is 17.0 Å². The number of nitrogens with one attached hydrogen (secondary N) is 1. The van der Waals surface area contributed by atoms with Crippen molar-refractivity contribution >= 4 is 22.8 Å². The van der Waals surface area contributed by atoms with Crippen molar-refractivity contribution in [1.82, 2.24) is 24.8 Å². The van der Waals surface area contributed by atoms with Crippen LogP contribution in [0.3, 0.4) is 0 Å². The second kappa shape index (κ2) is 12.7. The van der Waals surface area contributed by atoms with Crippen molar-refractivity contribution in [2.45, 2.75) is 121 Å². The number of hydrogen-bond acceptors (Lipinski definition) is 6. The Labute approximate surface area is 300 Å². The summed E-state index contributed by atoms with van der Waals surface area (Å²) in [5.41, 5.74) is -1.36. The van der Waals surface area contributed by atoms with Crippen LogP contribution in [0.5, 0.6) is 5.75 Å². The van der Waals surface area contributed by atoms with Gasteiger partial charge in [-0.2, -0.15) is 8.78 Å². The first kappa shape index (κ1) is 35.3. The Morgan fingerprint density at radius 3 is 2.37 bits per heavy atom. The fourth-order valence-electron chi connectivity index (χ4n) is 9.99. The lowest BCUT2D eigenvalue weighted by Gasteiger charge is -2.52. The number of carbonyl (C=O) groups excluding carboxylic acids is 1. The molecule has 0 spiro atoms. The minimum atomic E-state index is -3.52. The van der Waals surface area contributed by atoms with Gasteiger partial charge in [0, 0.05) is 48.4 Å². The monoisotopic (exact) mass is 725 g/mol. The molecule has 3 heterocycles. The molecule has 1 amide bonds. The molecule has 1 aromatic carbocycles. The van der Waals surface area contributed by atoms with Crippen molar-refractivity contribution in [2.24, 2.45) is 23.7 Å². The number of aliphatic carboxylic acids is 1. The van der Waals surface area contributed by atoms with Gasteiger partial charge < -0.3 is 19.7 Å². The van der Waals surface area contributed by atoms with Crippen LogP contribution < -0.4 is 10.1 Å². The van der Waals surface area contributed by atoms with Crippen molar-refractivity contribution in [2.75, 3.05) is 13.1 Å². The van der Waals surface area contributed by atoms with E-state index in [4.69, 9.17) is 4.74 Å². The largest absolute Gasteiger partial charge is 0.490 e. The van der Waals surface area contributed by atoms with Crippen LogP contribution in [0.2, 0.25) is 0 Å². The summed E-state index contributed by atoms with van der Waals surface area (Å²) >= 11 is 0. The number of nitrogens with zero attached hydrogens (tertiary/aromatic N) is 4. The first-order valence-electron chi connectivity index (χ1n) is 18.9. The van der Waals surface area contributed by atoms with Crippen molar-refractivity contribution in [3.8, 4) is 17.1 Å². The van der Waals surface area contributed by atoms with Gasteiger partial charge in [0.05, 0.1) is 30.3 Å². The van der Waals surface area contributed by atoms with E-state index >= 15 is 8.78 Å². The number of rotatable bonds is 9. The van der Waals surface area contributed by atoms with Gasteiger partial charge >= 0.3 is 5.97 Å². The highest BCUT2D eigenvalue weighted by atomic mass is 19.3. The van der Waals surface area contributed by atoms with E-state index in [1.54, 1.807) is 0 Å². The summed E-state index contributed by atoms with van der Waals surface area (Å²) in [5, 5.41) is 14.1. The average Bonchev–Trinajstić information content (AvgIpc) is 3.85. The number of fused-ring (bicyclic) bond motifs is 3. The van der Waals surface area contributed by atoms with E-state index in [2.05, 4.69) is 26.8 Å². The number of carboxylic acid groups (broad SMARTS) is 1. The van der Waals surface area contributed by atoms with Crippen LogP contribution in [0.15, 0.2) is 30.6 Å². The number of hydrogen-bond donors (Lipinski definition) is 2. The van der Waals surface area contributed by atoms with Crippen molar-refractivity contribution in [3.63, 3.8) is 0 Å². The van der Waals surface area contributed by atoms with Gasteiger partial charge in [-0.15, -0.1) is 0 Å². The van der Waals surface area contributed by atoms with E-state index in [0.29, 0.717) is 49.3 Å². The molecule has 5 fully saturated rings. The number of aromatic nitrogens is 3. The molecule has 9 nitrogen and oxygen atoms in total. The summed E-state index contributed by atoms with van der Waals surface area (Å²) in [7, 11) is 0. The molecule has 3 aromatic rings. The van der Waals surface area contributed by atoms with Crippen LogP contribution in [0, 0.1) is 23.7 Å². The first-order chi connectivity index (χ1) is 24.6. The summed E-state index contributed by atoms with van der Waals surface area (Å²) < 4.78 is 66.0. The van der Waals surface area contributed by atoms with E-state index in [1.165, 1.54) is 0 Å². The van der Waals surface area contributed by atoms with Crippen molar-refractivity contribution in [3.05, 3.63) is 41.9 Å². The molecule has 2 N–H and O–H groups in total. The first-order valence-corrected chi connectivity index (χ1v) is 18.9. The molecule has 4 saturated carbocycles. The zero-order valence-electron chi connectivity index (χ0n) is 29.9. The number of amides is 1. The maximum absolute atomic E-state index is 15.3. The van der Waals surface area contributed by atoms with E-state index in [-0.39, 0.29) is 48.9 Å². The standard InChI is InChI=1S/C39H47F4N5O4/c1-21-12-23-14-22(2)39(36(50)51,24(13-21)15-23)46-35(49)30-17-44-34(45-33(30)37(3,40)41)31-18-48(26-4-5-26)32-16-28(10-11-29(31)32)52-27-8-6-25(7-9-27)47-19-38(42,43)20-47/h10-11,16-18,21-27H,4-9,12-15,19-20H2,1-3H3,(H,46,49)(H,50,51)/t21?,22?,23?,24?,25-,27-,39?. The molecule has 13 heteroatoms. The van der Waals surface area contributed by atoms with Gasteiger partial charge in [-0.05, 0) is 100 Å². The number of benzene rings is 1. The Morgan fingerprint density at radius 2 is 1.71 bits per heavy atom. The Balaban J connectivity index is 1.06. The van der Waals surface area contributed by atoms with Crippen LogP contribution in [0.1, 0.15) is 107 Å². The van der Waals surface area contributed by atoms with Gasteiger partial charge in [-0.1, -0.05) is 13.8 Å². The smallest absolute Gasteiger partial charge is 0.329 e. The van der Waals surface area contributed by atoms with E-state index in [9.17, 15) is 23.5 Å². The fraction of sp³-hybridized carbons (Fsp3) is 0.641. The van der Waals surface area contributed by atoms with E-state index in [0.717, 1.165) is 62.0 Å². The SMILES string of the molecule is CC1CC2CC(C)C(NC(=O)c3cnc(-c4cn(C5CC5)c5cc(O[C@H]6CC[C@H](N7CC(F)(F)C7)CC6)ccc45)nc3C(C)(F)F)(C(=O)O)C(C1)C2. The third-order valence-electron chi connectivity index (χ3n) is 12.6. The van der Waals surface area contributed by atoms with Crippen LogP contribution >= 0.6 is 0 Å². The molecule has 5 unspecified atom stereocenters. The average molecular weight is 726 g/mol. The summed E-state index contributed by atoms with van der Waals surface area (Å²) in [5.74, 6) is -7.43. The van der Waals surface area contributed by atoms with Crippen molar-refractivity contribution < 1.29 is 37.0 Å². The lowest BCUT2D eigenvalue weighted by Crippen LogP contribution is -2.66. The van der Waals surface area contributed by atoms with Gasteiger partial charge in [0.2, 0.25) is 0 Å². The zero-order chi connectivity index (χ0) is 36.7. The molecule has 1 aliphatic heterocycles. The molecule has 5 atom stereocenters. The fourth-order valence-corrected chi connectivity index (χ4v) is 9.99. The highest BCUT2D eigenvalue weighted by molar-refractivity contribution is 6.00. The van der Waals surface area contributed by atoms with Gasteiger partial charge in [-0.25, -0.2) is 23.5 Å². The maximum atomic E-state index is 15.3. The summed E-state index contributed by atoms with van der Waals surface area (Å²) in [6.07, 6.45) is 11.0. The molecular weight excluding hydrogens is 678 g/mol. The van der Waals surface area contributed by atoms with Crippen molar-refractivity contribution in [1.29, 1.82) is 0 Å². The van der Waals surface area contributed by atoms with Gasteiger partial charge in [-0.3, -0.25) is 9.69 Å². The van der Waals surface area contributed by atoms with Crippen LogP contribution in [0.25, 0.3) is 22.3 Å². The summed E-state index contributed by atoms with van der Waals surface area (Å²) in [4.78, 5) is 37.5. The summed E-state index contributed by atoms with van der Waals surface area (Å²) in [6.45, 7) is 4.28. The molecular formula is C39H47F4N5O4. The quantitative estimate of drug-likeness (QED) is 0.217. The van der Waals surface area contributed by atoms with Crippen LogP contribution in [-0.2, 0) is 10.7 Å². The number of carbonyl (C=O) groups is 2. The van der Waals surface area contributed by atoms with Gasteiger partial charge in [0.25, 0.3) is 17.8 Å². The lowest BCUT2D eigenvalue weighted by molar-refractivity contribution is -0.155. The summed E-state index contributed by atoms with van der Waals surface area (Å²) in [6, 6.07) is 6.06. The number of ether oxygens (including phenoxy) is 1. The lowest BCUT2D eigenvalue weighted by atomic mass is 9.56. The molecule has 1 saturated heterocycles. The topological polar surface area (TPSA) is 110 Å². The van der Waals surface area contributed by atoms with E-state index < -0.39 is 40.5 Å². The maximum Gasteiger partial charge on any atom is 0.329 e. The normalized spacial score (nSPS) is 31.9. The Morgan fingerprint density at radius 1 is 1.00 bits per heavy atom. The predicted octanol–water partition coefficient (Wildman–Crippen LogP) is 7.83. The number of alkyl halides is 4. The molecule has 4 aliphatic carbocycles. The molecule has 8 rings (SSSR count). The third kappa shape index (κ3) is 6.34. The highest BCUT2D eigenvalue weighted by Crippen LogP contribution is 2.51. The highest BCUT2D eigenvalue weighted by Gasteiger charge is 2.57. The Bertz CT molecular complexity index is 1870. The Kier molecular flexibility index (Phi) is 8.62. The Hall–Kier alpha value is -3.74. The van der Waals surface area contributed by atoms with E-state index in [1.807, 2.05) is 36.2 Å². The second-order valence-corrected chi connectivity index (χ2v) is 16.7.